The first-order chi connectivity index (χ1) is 11.8. The van der Waals surface area contributed by atoms with Crippen LogP contribution in [0.2, 0.25) is 0 Å². The van der Waals surface area contributed by atoms with E-state index in [1.165, 1.54) is 12.7 Å². The fourth-order valence-corrected chi connectivity index (χ4v) is 4.52. The van der Waals surface area contributed by atoms with E-state index in [-0.39, 0.29) is 35.2 Å². The van der Waals surface area contributed by atoms with Gasteiger partial charge in [-0.1, -0.05) is 37.6 Å². The maximum Gasteiger partial charge on any atom is 0.309 e. The Morgan fingerprint density at radius 1 is 1.20 bits per heavy atom. The molecule has 0 radical (unpaired) electrons. The van der Waals surface area contributed by atoms with Crippen molar-refractivity contribution in [2.24, 2.45) is 17.3 Å². The molecular formula is C21H28O4. The van der Waals surface area contributed by atoms with Gasteiger partial charge in [0.05, 0.1) is 26.2 Å². The van der Waals surface area contributed by atoms with Gasteiger partial charge in [-0.3, -0.25) is 4.79 Å². The molecule has 4 nitrogen and oxygen atoms in total. The largest absolute Gasteiger partial charge is 0.497 e. The van der Waals surface area contributed by atoms with Gasteiger partial charge < -0.3 is 14.6 Å². The van der Waals surface area contributed by atoms with Gasteiger partial charge in [0, 0.05) is 11.8 Å². The third-order valence-electron chi connectivity index (χ3n) is 5.72. The number of esters is 1. The Morgan fingerprint density at radius 3 is 2.48 bits per heavy atom. The molecular weight excluding hydrogens is 316 g/mol. The summed E-state index contributed by atoms with van der Waals surface area (Å²) >= 11 is 0. The number of ether oxygens (including phenoxy) is 2. The molecule has 1 N–H and O–H groups in total. The molecule has 2 aliphatic carbocycles. The molecule has 1 saturated carbocycles. The molecule has 0 heterocycles. The van der Waals surface area contributed by atoms with Crippen LogP contribution in [0.4, 0.5) is 0 Å². The molecule has 0 aromatic heterocycles. The van der Waals surface area contributed by atoms with E-state index in [1.807, 2.05) is 24.3 Å². The molecule has 1 aromatic carbocycles. The van der Waals surface area contributed by atoms with Crippen LogP contribution in [0.5, 0.6) is 5.75 Å². The van der Waals surface area contributed by atoms with Crippen molar-refractivity contribution < 1.29 is 19.4 Å². The number of aliphatic hydroxyl groups is 1. The number of hydrogen-bond acceptors (Lipinski definition) is 4. The number of aliphatic hydroxyl groups excluding tert-OH is 1. The van der Waals surface area contributed by atoms with Crippen LogP contribution in [-0.2, 0) is 9.53 Å². The quantitative estimate of drug-likeness (QED) is 0.671. The molecule has 0 amide bonds. The summed E-state index contributed by atoms with van der Waals surface area (Å²) < 4.78 is 10.3. The number of fused-ring (bicyclic) bond motifs is 1. The highest BCUT2D eigenvalue weighted by Crippen LogP contribution is 2.50. The minimum absolute atomic E-state index is 0.0225. The molecule has 136 valence electrons. The van der Waals surface area contributed by atoms with E-state index in [0.717, 1.165) is 24.2 Å². The van der Waals surface area contributed by atoms with E-state index < -0.39 is 0 Å². The Bertz CT molecular complexity index is 659. The van der Waals surface area contributed by atoms with Gasteiger partial charge in [0.1, 0.15) is 5.75 Å². The third-order valence-corrected chi connectivity index (χ3v) is 5.72. The van der Waals surface area contributed by atoms with Crippen LogP contribution < -0.4 is 4.74 Å². The van der Waals surface area contributed by atoms with Gasteiger partial charge in [0.15, 0.2) is 0 Å². The summed E-state index contributed by atoms with van der Waals surface area (Å²) in [6.07, 6.45) is 4.21. The Labute approximate surface area is 149 Å². The van der Waals surface area contributed by atoms with Gasteiger partial charge in [0.2, 0.25) is 0 Å². The van der Waals surface area contributed by atoms with Gasteiger partial charge in [-0.05, 0) is 42.4 Å². The number of carbonyl (C=O) groups excluding carboxylic acids is 1. The summed E-state index contributed by atoms with van der Waals surface area (Å²) in [6.45, 7) is 4.39. The second-order valence-electron chi connectivity index (χ2n) is 8.12. The zero-order valence-electron chi connectivity index (χ0n) is 15.5. The van der Waals surface area contributed by atoms with Crippen LogP contribution in [0.25, 0.3) is 0 Å². The summed E-state index contributed by atoms with van der Waals surface area (Å²) in [7, 11) is 3.08. The van der Waals surface area contributed by atoms with Crippen LogP contribution >= 0.6 is 0 Å². The van der Waals surface area contributed by atoms with Crippen LogP contribution in [0.1, 0.15) is 44.6 Å². The van der Waals surface area contributed by atoms with E-state index in [1.54, 1.807) is 7.11 Å². The summed E-state index contributed by atoms with van der Waals surface area (Å²) in [5.41, 5.74) is 2.45. The normalized spacial score (nSPS) is 30.8. The standard InChI is InChI=1S/C21H28O4/c1-21(2)11-14-9-16(13-5-7-15(24-3)8-6-13)18(20(23)25-4)10-17(14)19(22)12-21/h5-9,16-19,22H,10-12H2,1-4H3/t16-,17+,18-,19-/m1/s1. The van der Waals surface area contributed by atoms with Crippen molar-refractivity contribution in [2.75, 3.05) is 14.2 Å². The smallest absolute Gasteiger partial charge is 0.309 e. The molecule has 1 aromatic rings. The number of carbonyl (C=O) groups is 1. The Balaban J connectivity index is 1.99. The predicted molar refractivity (Wildman–Crippen MR) is 96.5 cm³/mol. The molecule has 0 spiro atoms. The lowest BCUT2D eigenvalue weighted by atomic mass is 9.61. The first-order valence-corrected chi connectivity index (χ1v) is 8.95. The van der Waals surface area contributed by atoms with Gasteiger partial charge in [-0.15, -0.1) is 0 Å². The number of allylic oxidation sites excluding steroid dienone is 1. The molecule has 1 fully saturated rings. The SMILES string of the molecule is COC(=O)[C@@H]1C[C@H]2C(=C[C@@H]1c1ccc(OC)cc1)CC(C)(C)C[C@H]2O. The van der Waals surface area contributed by atoms with E-state index >= 15 is 0 Å². The van der Waals surface area contributed by atoms with Crippen LogP contribution in [0.15, 0.2) is 35.9 Å². The average molecular weight is 344 g/mol. The topological polar surface area (TPSA) is 55.8 Å². The van der Waals surface area contributed by atoms with Crippen molar-refractivity contribution in [1.82, 2.24) is 0 Å². The number of benzene rings is 1. The summed E-state index contributed by atoms with van der Waals surface area (Å²) in [5, 5.41) is 10.6. The second kappa shape index (κ2) is 6.83. The number of rotatable bonds is 3. The molecule has 0 unspecified atom stereocenters. The molecule has 0 bridgehead atoms. The first-order valence-electron chi connectivity index (χ1n) is 8.95. The maximum absolute atomic E-state index is 12.4. The Morgan fingerprint density at radius 2 is 1.88 bits per heavy atom. The van der Waals surface area contributed by atoms with Gasteiger partial charge in [0.25, 0.3) is 0 Å². The van der Waals surface area contributed by atoms with Gasteiger partial charge in [-0.2, -0.15) is 0 Å². The lowest BCUT2D eigenvalue weighted by molar-refractivity contribution is -0.147. The highest BCUT2D eigenvalue weighted by atomic mass is 16.5. The highest BCUT2D eigenvalue weighted by Gasteiger charge is 2.44. The molecule has 4 atom stereocenters. The van der Waals surface area contributed by atoms with E-state index in [9.17, 15) is 9.90 Å². The summed E-state index contributed by atoms with van der Waals surface area (Å²) in [6, 6.07) is 7.88. The fraction of sp³-hybridized carbons (Fsp3) is 0.571. The van der Waals surface area contributed by atoms with E-state index in [4.69, 9.17) is 9.47 Å². The second-order valence-corrected chi connectivity index (χ2v) is 8.12. The van der Waals surface area contributed by atoms with Gasteiger partial charge >= 0.3 is 5.97 Å². The lowest BCUT2D eigenvalue weighted by Crippen LogP contribution is -2.41. The third kappa shape index (κ3) is 3.59. The van der Waals surface area contributed by atoms with Crippen molar-refractivity contribution in [3.05, 3.63) is 41.5 Å². The Hall–Kier alpha value is -1.81. The number of hydrogen-bond donors (Lipinski definition) is 1. The molecule has 2 aliphatic rings. The fourth-order valence-electron chi connectivity index (χ4n) is 4.52. The molecule has 0 aliphatic heterocycles. The summed E-state index contributed by atoms with van der Waals surface area (Å²) in [5.74, 6) is 0.377. The van der Waals surface area contributed by atoms with Crippen molar-refractivity contribution in [3.8, 4) is 5.75 Å². The summed E-state index contributed by atoms with van der Waals surface area (Å²) in [4.78, 5) is 12.4. The predicted octanol–water partition coefficient (Wildman–Crippen LogP) is 3.70. The van der Waals surface area contributed by atoms with Gasteiger partial charge in [-0.25, -0.2) is 0 Å². The van der Waals surface area contributed by atoms with Crippen molar-refractivity contribution in [1.29, 1.82) is 0 Å². The number of methoxy groups -OCH3 is 2. The first kappa shape index (κ1) is 18.0. The van der Waals surface area contributed by atoms with Crippen molar-refractivity contribution in [2.45, 2.75) is 45.1 Å². The molecule has 25 heavy (non-hydrogen) atoms. The lowest BCUT2D eigenvalue weighted by Gasteiger charge is -2.45. The molecule has 0 saturated heterocycles. The Kier molecular flexibility index (Phi) is 4.92. The van der Waals surface area contributed by atoms with E-state index in [2.05, 4.69) is 19.9 Å². The monoisotopic (exact) mass is 344 g/mol. The van der Waals surface area contributed by atoms with Crippen LogP contribution in [0.3, 0.4) is 0 Å². The average Bonchev–Trinajstić information content (AvgIpc) is 2.59. The van der Waals surface area contributed by atoms with Crippen LogP contribution in [0, 0.1) is 17.3 Å². The van der Waals surface area contributed by atoms with Crippen molar-refractivity contribution >= 4 is 5.97 Å². The molecule has 4 heteroatoms. The molecule has 3 rings (SSSR count). The zero-order valence-corrected chi connectivity index (χ0v) is 15.5. The minimum Gasteiger partial charge on any atom is -0.497 e. The zero-order chi connectivity index (χ0) is 18.2. The highest BCUT2D eigenvalue weighted by molar-refractivity contribution is 5.74. The van der Waals surface area contributed by atoms with Crippen molar-refractivity contribution in [3.63, 3.8) is 0 Å². The van der Waals surface area contributed by atoms with E-state index in [0.29, 0.717) is 6.42 Å². The van der Waals surface area contributed by atoms with Crippen LogP contribution in [-0.4, -0.2) is 31.4 Å². The maximum atomic E-state index is 12.4. The minimum atomic E-state index is -0.390.